The van der Waals surface area contributed by atoms with Crippen LogP contribution in [-0.2, 0) is 11.3 Å². The summed E-state index contributed by atoms with van der Waals surface area (Å²) in [5, 5.41) is 2.97. The Labute approximate surface area is 127 Å². The average molecular weight is 293 g/mol. The highest BCUT2D eigenvalue weighted by Crippen LogP contribution is 2.22. The van der Waals surface area contributed by atoms with Crippen LogP contribution >= 0.6 is 0 Å². The van der Waals surface area contributed by atoms with Gasteiger partial charge in [-0.1, -0.05) is 6.92 Å². The van der Waals surface area contributed by atoms with Gasteiger partial charge in [-0.3, -0.25) is 4.79 Å². The first-order valence-electron chi connectivity index (χ1n) is 7.66. The third-order valence-corrected chi connectivity index (χ3v) is 3.18. The molecule has 21 heavy (non-hydrogen) atoms. The summed E-state index contributed by atoms with van der Waals surface area (Å²) in [4.78, 5) is 12.2. The maximum Gasteiger partial charge on any atom is 0.251 e. The highest BCUT2D eigenvalue weighted by Gasteiger charge is 2.12. The third-order valence-electron chi connectivity index (χ3n) is 3.18. The quantitative estimate of drug-likeness (QED) is 0.797. The fourth-order valence-electron chi connectivity index (χ4n) is 1.80. The molecule has 1 unspecified atom stereocenters. The second-order valence-corrected chi connectivity index (χ2v) is 5.40. The second-order valence-electron chi connectivity index (χ2n) is 5.40. The number of ether oxygens (including phenoxy) is 2. The molecule has 0 aliphatic heterocycles. The van der Waals surface area contributed by atoms with Crippen LogP contribution in [0.15, 0.2) is 18.2 Å². The summed E-state index contributed by atoms with van der Waals surface area (Å²) in [7, 11) is 0. The molecule has 1 amide bonds. The van der Waals surface area contributed by atoms with Crippen LogP contribution in [0.1, 0.15) is 57.0 Å². The third kappa shape index (κ3) is 5.76. The summed E-state index contributed by atoms with van der Waals surface area (Å²) in [6, 6.07) is 5.65. The van der Waals surface area contributed by atoms with Crippen LogP contribution in [0.25, 0.3) is 0 Å². The summed E-state index contributed by atoms with van der Waals surface area (Å²) in [5.41, 5.74) is 1.54. The van der Waals surface area contributed by atoms with Gasteiger partial charge < -0.3 is 14.8 Å². The van der Waals surface area contributed by atoms with Gasteiger partial charge in [-0.25, -0.2) is 0 Å². The zero-order valence-corrected chi connectivity index (χ0v) is 13.7. The number of amides is 1. The summed E-state index contributed by atoms with van der Waals surface area (Å²) >= 11 is 0. The lowest BCUT2D eigenvalue weighted by molar-refractivity contribution is 0.0641. The molecule has 1 N–H and O–H groups in total. The molecule has 0 fully saturated rings. The molecule has 1 aromatic carbocycles. The maximum atomic E-state index is 12.2. The molecule has 0 bridgehead atoms. The molecule has 0 saturated carbocycles. The normalized spacial score (nSPS) is 12.3. The van der Waals surface area contributed by atoms with Crippen LogP contribution in [0.5, 0.6) is 5.75 Å². The minimum atomic E-state index is -0.0572. The fourth-order valence-corrected chi connectivity index (χ4v) is 1.80. The van der Waals surface area contributed by atoms with Gasteiger partial charge in [-0.05, 0) is 52.3 Å². The number of carbonyl (C=O) groups is 1. The van der Waals surface area contributed by atoms with Crippen molar-refractivity contribution < 1.29 is 14.3 Å². The molecule has 0 aromatic heterocycles. The number of rotatable bonds is 8. The Balaban J connectivity index is 2.91. The molecule has 0 radical (unpaired) electrons. The van der Waals surface area contributed by atoms with Gasteiger partial charge in [-0.2, -0.15) is 0 Å². The first kappa shape index (κ1) is 17.5. The van der Waals surface area contributed by atoms with E-state index in [0.29, 0.717) is 18.8 Å². The summed E-state index contributed by atoms with van der Waals surface area (Å²) in [5.74, 6) is 0.719. The van der Waals surface area contributed by atoms with Crippen molar-refractivity contribution in [3.05, 3.63) is 29.3 Å². The Morgan fingerprint density at radius 1 is 1.24 bits per heavy atom. The highest BCUT2D eigenvalue weighted by molar-refractivity contribution is 5.94. The molecule has 0 saturated heterocycles. The molecule has 0 spiro atoms. The molecular formula is C17H27NO3. The van der Waals surface area contributed by atoms with Gasteiger partial charge >= 0.3 is 0 Å². The van der Waals surface area contributed by atoms with E-state index >= 15 is 0 Å². The van der Waals surface area contributed by atoms with Gasteiger partial charge in [0.15, 0.2) is 0 Å². The Bertz CT molecular complexity index is 457. The average Bonchev–Trinajstić information content (AvgIpc) is 2.46. The van der Waals surface area contributed by atoms with E-state index in [9.17, 15) is 4.79 Å². The van der Waals surface area contributed by atoms with Crippen LogP contribution < -0.4 is 10.1 Å². The fraction of sp³-hybridized carbons (Fsp3) is 0.588. The number of carbonyl (C=O) groups excluding carboxylic acids is 1. The smallest absolute Gasteiger partial charge is 0.251 e. The highest BCUT2D eigenvalue weighted by atomic mass is 16.5. The molecule has 4 nitrogen and oxygen atoms in total. The summed E-state index contributed by atoms with van der Waals surface area (Å²) < 4.78 is 11.2. The molecule has 1 atom stereocenters. The molecule has 118 valence electrons. The number of benzene rings is 1. The molecule has 1 rings (SSSR count). The number of hydrogen-bond acceptors (Lipinski definition) is 3. The lowest BCUT2D eigenvalue weighted by atomic mass is 10.1. The topological polar surface area (TPSA) is 47.6 Å². The van der Waals surface area contributed by atoms with E-state index in [1.807, 2.05) is 46.8 Å². The Hall–Kier alpha value is -1.55. The molecular weight excluding hydrogens is 266 g/mol. The molecule has 0 aliphatic rings. The Kier molecular flexibility index (Phi) is 7.23. The minimum Gasteiger partial charge on any atom is -0.494 e. The van der Waals surface area contributed by atoms with E-state index in [1.165, 1.54) is 0 Å². The Morgan fingerprint density at radius 3 is 2.52 bits per heavy atom. The maximum absolute atomic E-state index is 12.2. The van der Waals surface area contributed by atoms with Crippen LogP contribution in [-0.4, -0.2) is 24.7 Å². The van der Waals surface area contributed by atoms with Crippen LogP contribution in [0.2, 0.25) is 0 Å². The van der Waals surface area contributed by atoms with Crippen LogP contribution in [0.3, 0.4) is 0 Å². The van der Waals surface area contributed by atoms with E-state index in [1.54, 1.807) is 6.07 Å². The van der Waals surface area contributed by atoms with Gasteiger partial charge in [0.2, 0.25) is 0 Å². The molecule has 4 heteroatoms. The van der Waals surface area contributed by atoms with Crippen molar-refractivity contribution in [1.29, 1.82) is 0 Å². The predicted octanol–water partition coefficient (Wildman–Crippen LogP) is 3.54. The first-order chi connectivity index (χ1) is 9.97. The zero-order chi connectivity index (χ0) is 15.8. The summed E-state index contributed by atoms with van der Waals surface area (Å²) in [6.07, 6.45) is 1.04. The van der Waals surface area contributed by atoms with Crippen molar-refractivity contribution >= 4 is 5.91 Å². The number of hydrogen-bond donors (Lipinski definition) is 1. The molecule has 0 aliphatic carbocycles. The van der Waals surface area contributed by atoms with Crippen molar-refractivity contribution in [3.63, 3.8) is 0 Å². The first-order valence-corrected chi connectivity index (χ1v) is 7.66. The van der Waals surface area contributed by atoms with E-state index in [2.05, 4.69) is 5.32 Å². The van der Waals surface area contributed by atoms with Gasteiger partial charge in [0.25, 0.3) is 5.91 Å². The van der Waals surface area contributed by atoms with Crippen molar-refractivity contribution in [1.82, 2.24) is 5.32 Å². The van der Waals surface area contributed by atoms with E-state index in [-0.39, 0.29) is 18.1 Å². The lowest BCUT2D eigenvalue weighted by Gasteiger charge is -2.15. The van der Waals surface area contributed by atoms with E-state index in [0.717, 1.165) is 17.7 Å². The van der Waals surface area contributed by atoms with Crippen molar-refractivity contribution in [3.8, 4) is 5.75 Å². The Morgan fingerprint density at radius 2 is 1.95 bits per heavy atom. The standard InChI is InChI=1S/C17H27NO3/c1-6-13(5)18-17(19)14-8-9-16(20-7-2)15(10-14)11-21-12(3)4/h8-10,12-13H,6-7,11H2,1-5H3,(H,18,19). The summed E-state index contributed by atoms with van der Waals surface area (Å²) in [6.45, 7) is 11.0. The molecule has 0 heterocycles. The van der Waals surface area contributed by atoms with Gasteiger partial charge in [0, 0.05) is 17.2 Å². The lowest BCUT2D eigenvalue weighted by Crippen LogP contribution is -2.31. The van der Waals surface area contributed by atoms with Crippen molar-refractivity contribution in [2.24, 2.45) is 0 Å². The zero-order valence-electron chi connectivity index (χ0n) is 13.7. The second kappa shape index (κ2) is 8.67. The van der Waals surface area contributed by atoms with Gasteiger partial charge in [0.1, 0.15) is 5.75 Å². The number of nitrogens with one attached hydrogen (secondary N) is 1. The van der Waals surface area contributed by atoms with Crippen molar-refractivity contribution in [2.75, 3.05) is 6.61 Å². The van der Waals surface area contributed by atoms with Crippen LogP contribution in [0.4, 0.5) is 0 Å². The minimum absolute atomic E-state index is 0.0572. The van der Waals surface area contributed by atoms with Gasteiger partial charge in [0.05, 0.1) is 19.3 Å². The van der Waals surface area contributed by atoms with E-state index < -0.39 is 0 Å². The van der Waals surface area contributed by atoms with Crippen LogP contribution in [0, 0.1) is 0 Å². The predicted molar refractivity (Wildman–Crippen MR) is 84.8 cm³/mol. The van der Waals surface area contributed by atoms with Gasteiger partial charge in [-0.15, -0.1) is 0 Å². The molecule has 1 aromatic rings. The van der Waals surface area contributed by atoms with E-state index in [4.69, 9.17) is 9.47 Å². The SMILES string of the molecule is CCOc1ccc(C(=O)NC(C)CC)cc1COC(C)C. The largest absolute Gasteiger partial charge is 0.494 e. The van der Waals surface area contributed by atoms with Crippen molar-refractivity contribution in [2.45, 2.75) is 59.8 Å². The monoisotopic (exact) mass is 293 g/mol.